The van der Waals surface area contributed by atoms with E-state index in [1.54, 1.807) is 0 Å². The van der Waals surface area contributed by atoms with Gasteiger partial charge in [-0.2, -0.15) is 0 Å². The summed E-state index contributed by atoms with van der Waals surface area (Å²) in [5, 5.41) is 12.7. The molecule has 1 aromatic carbocycles. The highest BCUT2D eigenvalue weighted by molar-refractivity contribution is 5.46. The summed E-state index contributed by atoms with van der Waals surface area (Å²) in [5.74, 6) is 1.00. The molecule has 0 saturated carbocycles. The van der Waals surface area contributed by atoms with Crippen molar-refractivity contribution in [3.05, 3.63) is 36.2 Å². The van der Waals surface area contributed by atoms with E-state index < -0.39 is 0 Å². The Morgan fingerprint density at radius 3 is 2.67 bits per heavy atom. The minimum atomic E-state index is 0.254. The minimum absolute atomic E-state index is 0.254. The SMILES string of the molecule is CCC[C@H](c1nnnn1C[C@@H]1CCCO1)N1CCN(c2ccccc2)CC1. The fourth-order valence-electron chi connectivity index (χ4n) is 4.24. The van der Waals surface area contributed by atoms with Gasteiger partial charge in [0.05, 0.1) is 18.7 Å². The third-order valence-corrected chi connectivity index (χ3v) is 5.70. The van der Waals surface area contributed by atoms with Crippen molar-refractivity contribution >= 4 is 5.69 Å². The molecule has 0 unspecified atom stereocenters. The van der Waals surface area contributed by atoms with Crippen LogP contribution in [0.15, 0.2) is 30.3 Å². The quantitative estimate of drug-likeness (QED) is 0.746. The number of aromatic nitrogens is 4. The number of tetrazole rings is 1. The zero-order valence-corrected chi connectivity index (χ0v) is 16.2. The molecule has 0 amide bonds. The molecular weight excluding hydrogens is 340 g/mol. The first-order valence-electron chi connectivity index (χ1n) is 10.3. The molecule has 2 aliphatic heterocycles. The Bertz CT molecular complexity index is 692. The van der Waals surface area contributed by atoms with E-state index in [0.29, 0.717) is 0 Å². The van der Waals surface area contributed by atoms with Crippen molar-refractivity contribution in [1.82, 2.24) is 25.1 Å². The standard InChI is InChI=1S/C20H30N6O/c1-2-7-19(20-21-22-23-26(20)16-18-10-6-15-27-18)25-13-11-24(12-14-25)17-8-4-3-5-9-17/h3-5,8-9,18-19H,2,6-7,10-16H2,1H3/t18-,19+/m0/s1. The molecule has 27 heavy (non-hydrogen) atoms. The molecular formula is C20H30N6O. The molecule has 7 heteroatoms. The number of benzene rings is 1. The molecule has 1 aromatic heterocycles. The zero-order valence-electron chi connectivity index (χ0n) is 16.2. The van der Waals surface area contributed by atoms with Crippen LogP contribution < -0.4 is 4.90 Å². The number of piperazine rings is 1. The van der Waals surface area contributed by atoms with Crippen molar-refractivity contribution in [1.29, 1.82) is 0 Å². The van der Waals surface area contributed by atoms with E-state index in [0.717, 1.165) is 70.8 Å². The molecule has 4 rings (SSSR count). The molecule has 2 saturated heterocycles. The number of anilines is 1. The Hall–Kier alpha value is -1.99. The Labute approximate surface area is 161 Å². The van der Waals surface area contributed by atoms with Gasteiger partial charge in [0.2, 0.25) is 0 Å². The van der Waals surface area contributed by atoms with Gasteiger partial charge < -0.3 is 9.64 Å². The molecule has 7 nitrogen and oxygen atoms in total. The second-order valence-electron chi connectivity index (χ2n) is 7.52. The van der Waals surface area contributed by atoms with Gasteiger partial charge in [-0.25, -0.2) is 4.68 Å². The van der Waals surface area contributed by atoms with Crippen LogP contribution in [0.3, 0.4) is 0 Å². The molecule has 0 N–H and O–H groups in total. The summed E-state index contributed by atoms with van der Waals surface area (Å²) in [4.78, 5) is 5.02. The van der Waals surface area contributed by atoms with Gasteiger partial charge in [-0.3, -0.25) is 4.90 Å². The van der Waals surface area contributed by atoms with Gasteiger partial charge in [-0.1, -0.05) is 31.5 Å². The highest BCUT2D eigenvalue weighted by atomic mass is 16.5. The van der Waals surface area contributed by atoms with E-state index in [1.807, 2.05) is 4.68 Å². The van der Waals surface area contributed by atoms with Gasteiger partial charge >= 0.3 is 0 Å². The van der Waals surface area contributed by atoms with Gasteiger partial charge in [0.1, 0.15) is 0 Å². The van der Waals surface area contributed by atoms with E-state index >= 15 is 0 Å². The average molecular weight is 371 g/mol. The summed E-state index contributed by atoms with van der Waals surface area (Å²) in [6, 6.07) is 11.0. The predicted octanol–water partition coefficient (Wildman–Crippen LogP) is 2.52. The number of hydrogen-bond donors (Lipinski definition) is 0. The second kappa shape index (κ2) is 8.80. The maximum Gasteiger partial charge on any atom is 0.168 e. The number of para-hydroxylation sites is 1. The monoisotopic (exact) mass is 370 g/mol. The van der Waals surface area contributed by atoms with E-state index in [1.165, 1.54) is 5.69 Å². The fourth-order valence-corrected chi connectivity index (χ4v) is 4.24. The van der Waals surface area contributed by atoms with Crippen LogP contribution >= 0.6 is 0 Å². The van der Waals surface area contributed by atoms with Crippen molar-refractivity contribution in [2.75, 3.05) is 37.7 Å². The number of rotatable bonds is 7. The van der Waals surface area contributed by atoms with Crippen LogP contribution in [-0.2, 0) is 11.3 Å². The average Bonchev–Trinajstić information content (AvgIpc) is 3.40. The van der Waals surface area contributed by atoms with E-state index in [-0.39, 0.29) is 12.1 Å². The summed E-state index contributed by atoms with van der Waals surface area (Å²) in [6.07, 6.45) is 4.70. The first kappa shape index (κ1) is 18.4. The third kappa shape index (κ3) is 4.30. The molecule has 0 spiro atoms. The van der Waals surface area contributed by atoms with Gasteiger partial charge in [-0.15, -0.1) is 5.10 Å². The highest BCUT2D eigenvalue weighted by Gasteiger charge is 2.29. The fraction of sp³-hybridized carbons (Fsp3) is 0.650. The summed E-state index contributed by atoms with van der Waals surface area (Å²) < 4.78 is 7.78. The van der Waals surface area contributed by atoms with Crippen LogP contribution in [0.2, 0.25) is 0 Å². The van der Waals surface area contributed by atoms with Crippen LogP contribution in [0.1, 0.15) is 44.5 Å². The van der Waals surface area contributed by atoms with Crippen molar-refractivity contribution in [3.8, 4) is 0 Å². The topological polar surface area (TPSA) is 59.3 Å². The van der Waals surface area contributed by atoms with Gasteiger partial charge in [0, 0.05) is 38.5 Å². The molecule has 0 aliphatic carbocycles. The lowest BCUT2D eigenvalue weighted by Gasteiger charge is -2.39. The summed E-state index contributed by atoms with van der Waals surface area (Å²) >= 11 is 0. The van der Waals surface area contributed by atoms with Gasteiger partial charge in [0.25, 0.3) is 0 Å². The van der Waals surface area contributed by atoms with E-state index in [9.17, 15) is 0 Å². The third-order valence-electron chi connectivity index (χ3n) is 5.70. The number of hydrogen-bond acceptors (Lipinski definition) is 6. The van der Waals surface area contributed by atoms with Crippen molar-refractivity contribution in [2.24, 2.45) is 0 Å². The molecule has 0 radical (unpaired) electrons. The van der Waals surface area contributed by atoms with Crippen molar-refractivity contribution < 1.29 is 4.74 Å². The Kier molecular flexibility index (Phi) is 5.99. The van der Waals surface area contributed by atoms with Gasteiger partial charge in [0.15, 0.2) is 5.82 Å². The van der Waals surface area contributed by atoms with Gasteiger partial charge in [-0.05, 0) is 41.8 Å². The molecule has 0 bridgehead atoms. The lowest BCUT2D eigenvalue weighted by atomic mass is 10.1. The summed E-state index contributed by atoms with van der Waals surface area (Å²) in [6.45, 7) is 8.02. The normalized spacial score (nSPS) is 22.3. The van der Waals surface area contributed by atoms with Crippen molar-refractivity contribution in [3.63, 3.8) is 0 Å². The molecule has 3 heterocycles. The van der Waals surface area contributed by atoms with Crippen LogP contribution in [0.4, 0.5) is 5.69 Å². The van der Waals surface area contributed by atoms with Crippen LogP contribution in [-0.4, -0.2) is 64.0 Å². The Balaban J connectivity index is 1.43. The maximum absolute atomic E-state index is 5.79. The van der Waals surface area contributed by atoms with Crippen LogP contribution in [0.25, 0.3) is 0 Å². The predicted molar refractivity (Wildman–Crippen MR) is 105 cm³/mol. The maximum atomic E-state index is 5.79. The highest BCUT2D eigenvalue weighted by Crippen LogP contribution is 2.27. The lowest BCUT2D eigenvalue weighted by molar-refractivity contribution is 0.0891. The summed E-state index contributed by atoms with van der Waals surface area (Å²) in [5.41, 5.74) is 1.31. The molecule has 2 atom stereocenters. The van der Waals surface area contributed by atoms with E-state index in [2.05, 4.69) is 62.6 Å². The van der Waals surface area contributed by atoms with E-state index in [4.69, 9.17) is 4.74 Å². The lowest BCUT2D eigenvalue weighted by Crippen LogP contribution is -2.48. The molecule has 2 fully saturated rings. The van der Waals surface area contributed by atoms with Crippen LogP contribution in [0, 0.1) is 0 Å². The second-order valence-corrected chi connectivity index (χ2v) is 7.52. The number of nitrogens with zero attached hydrogens (tertiary/aromatic N) is 6. The molecule has 146 valence electrons. The molecule has 2 aliphatic rings. The zero-order chi connectivity index (χ0) is 18.5. The van der Waals surface area contributed by atoms with Crippen molar-refractivity contribution in [2.45, 2.75) is 51.3 Å². The smallest absolute Gasteiger partial charge is 0.168 e. The largest absolute Gasteiger partial charge is 0.376 e. The number of ether oxygens (including phenoxy) is 1. The summed E-state index contributed by atoms with van der Waals surface area (Å²) in [7, 11) is 0. The Morgan fingerprint density at radius 1 is 1.15 bits per heavy atom. The van der Waals surface area contributed by atoms with Crippen LogP contribution in [0.5, 0.6) is 0 Å². The minimum Gasteiger partial charge on any atom is -0.376 e. The first-order chi connectivity index (χ1) is 13.3. The Morgan fingerprint density at radius 2 is 1.96 bits per heavy atom. The first-order valence-corrected chi connectivity index (χ1v) is 10.3. The molecule has 2 aromatic rings.